The molecule has 1 atom stereocenters. The molecule has 1 unspecified atom stereocenters. The van der Waals surface area contributed by atoms with Crippen molar-refractivity contribution < 1.29 is 4.79 Å². The van der Waals surface area contributed by atoms with Crippen molar-refractivity contribution in [2.45, 2.75) is 33.1 Å². The number of aromatic nitrogens is 1. The maximum atomic E-state index is 12.5. The third-order valence-electron chi connectivity index (χ3n) is 4.09. The second-order valence-electron chi connectivity index (χ2n) is 5.69. The average molecular weight is 298 g/mol. The largest absolute Gasteiger partial charge is 0.398 e. The average Bonchev–Trinajstić information content (AvgIpc) is 2.64. The summed E-state index contributed by atoms with van der Waals surface area (Å²) in [5.41, 5.74) is 6.91. The van der Waals surface area contributed by atoms with Gasteiger partial charge in [-0.25, -0.2) is 0 Å². The molecule has 2 heterocycles. The van der Waals surface area contributed by atoms with Crippen molar-refractivity contribution in [3.05, 3.63) is 24.0 Å². The van der Waals surface area contributed by atoms with Crippen LogP contribution in [0.1, 0.15) is 43.5 Å². The molecule has 0 radical (unpaired) electrons. The molecule has 1 aliphatic heterocycles. The fourth-order valence-electron chi connectivity index (χ4n) is 2.75. The molecule has 112 valence electrons. The monoisotopic (exact) mass is 297 g/mol. The van der Waals surface area contributed by atoms with Crippen molar-refractivity contribution >= 4 is 24.0 Å². The number of nitrogens with zero attached hydrogens (tertiary/aromatic N) is 2. The highest BCUT2D eigenvalue weighted by atomic mass is 35.5. The zero-order valence-corrected chi connectivity index (χ0v) is 13.0. The first-order chi connectivity index (χ1) is 9.09. The number of nitrogens with two attached hydrogens (primary N) is 1. The Bertz CT molecular complexity index is 450. The van der Waals surface area contributed by atoms with Gasteiger partial charge in [-0.05, 0) is 37.2 Å². The summed E-state index contributed by atoms with van der Waals surface area (Å²) in [5.74, 6) is 1.44. The van der Waals surface area contributed by atoms with E-state index >= 15 is 0 Å². The van der Waals surface area contributed by atoms with Crippen molar-refractivity contribution in [1.82, 2.24) is 9.88 Å². The summed E-state index contributed by atoms with van der Waals surface area (Å²) in [6.45, 7) is 6.19. The van der Waals surface area contributed by atoms with Crippen LogP contribution in [-0.4, -0.2) is 28.9 Å². The number of rotatable bonds is 2. The van der Waals surface area contributed by atoms with E-state index in [1.807, 2.05) is 4.90 Å². The number of carbonyl (C=O) groups excluding carboxylic acids is 1. The molecule has 0 saturated carbocycles. The third kappa shape index (κ3) is 3.85. The van der Waals surface area contributed by atoms with Crippen LogP contribution in [0, 0.1) is 11.8 Å². The molecule has 0 bridgehead atoms. The topological polar surface area (TPSA) is 59.2 Å². The van der Waals surface area contributed by atoms with Gasteiger partial charge in [0.25, 0.3) is 5.91 Å². The van der Waals surface area contributed by atoms with E-state index in [0.717, 1.165) is 31.8 Å². The van der Waals surface area contributed by atoms with E-state index in [0.29, 0.717) is 17.2 Å². The van der Waals surface area contributed by atoms with Gasteiger partial charge in [0.15, 0.2) is 0 Å². The van der Waals surface area contributed by atoms with Gasteiger partial charge in [-0.2, -0.15) is 0 Å². The second kappa shape index (κ2) is 7.48. The van der Waals surface area contributed by atoms with Crippen LogP contribution in [-0.2, 0) is 0 Å². The number of pyridine rings is 1. The fourth-order valence-corrected chi connectivity index (χ4v) is 2.75. The Morgan fingerprint density at radius 1 is 1.40 bits per heavy atom. The van der Waals surface area contributed by atoms with Gasteiger partial charge in [0.2, 0.25) is 0 Å². The molecule has 1 aromatic rings. The normalized spacial score (nSPS) is 19.4. The van der Waals surface area contributed by atoms with Crippen molar-refractivity contribution in [2.24, 2.45) is 11.8 Å². The Balaban J connectivity index is 0.00000200. The van der Waals surface area contributed by atoms with E-state index in [-0.39, 0.29) is 18.3 Å². The Morgan fingerprint density at radius 3 is 2.80 bits per heavy atom. The van der Waals surface area contributed by atoms with Gasteiger partial charge in [-0.15, -0.1) is 12.4 Å². The van der Waals surface area contributed by atoms with Crippen LogP contribution >= 0.6 is 12.4 Å². The quantitative estimate of drug-likeness (QED) is 0.913. The predicted octanol–water partition coefficient (Wildman–Crippen LogP) is 2.98. The smallest absolute Gasteiger partial charge is 0.257 e. The van der Waals surface area contributed by atoms with Gasteiger partial charge in [0.05, 0.1) is 5.56 Å². The molecule has 1 amide bonds. The van der Waals surface area contributed by atoms with Crippen molar-refractivity contribution in [2.75, 3.05) is 18.8 Å². The first-order valence-electron chi connectivity index (χ1n) is 7.08. The van der Waals surface area contributed by atoms with Crippen molar-refractivity contribution in [3.8, 4) is 0 Å². The first-order valence-corrected chi connectivity index (χ1v) is 7.08. The van der Waals surface area contributed by atoms with Crippen LogP contribution in [0.15, 0.2) is 18.5 Å². The highest BCUT2D eigenvalue weighted by Gasteiger charge is 2.24. The van der Waals surface area contributed by atoms with Crippen LogP contribution in [0.3, 0.4) is 0 Å². The summed E-state index contributed by atoms with van der Waals surface area (Å²) < 4.78 is 0. The van der Waals surface area contributed by atoms with Crippen LogP contribution in [0.2, 0.25) is 0 Å². The molecular weight excluding hydrogens is 274 g/mol. The number of amides is 1. The summed E-state index contributed by atoms with van der Waals surface area (Å²) in [5, 5.41) is 0. The molecule has 5 heteroatoms. The summed E-state index contributed by atoms with van der Waals surface area (Å²) in [6.07, 6.45) is 6.56. The minimum atomic E-state index is 0. The number of carbonyl (C=O) groups is 1. The zero-order valence-electron chi connectivity index (χ0n) is 12.2. The van der Waals surface area contributed by atoms with Gasteiger partial charge in [-0.1, -0.05) is 13.8 Å². The molecule has 1 aliphatic rings. The standard InChI is InChI=1S/C15H23N3O.ClH/c1-11(2)12-4-3-8-18(9-6-12)15(19)13-10-17-7-5-14(13)16;/h5,7,10-12H,3-4,6,8-9H2,1-2H3,(H2,16,17);1H. The highest BCUT2D eigenvalue weighted by molar-refractivity contribution is 5.98. The molecule has 0 aromatic carbocycles. The number of hydrogen-bond acceptors (Lipinski definition) is 3. The van der Waals surface area contributed by atoms with Gasteiger partial charge in [-0.3, -0.25) is 9.78 Å². The number of hydrogen-bond donors (Lipinski definition) is 1. The number of anilines is 1. The second-order valence-corrected chi connectivity index (χ2v) is 5.69. The summed E-state index contributed by atoms with van der Waals surface area (Å²) in [7, 11) is 0. The Hall–Kier alpha value is -1.29. The molecule has 1 fully saturated rings. The summed E-state index contributed by atoms with van der Waals surface area (Å²) >= 11 is 0. The van der Waals surface area contributed by atoms with Gasteiger partial charge in [0, 0.05) is 31.2 Å². The molecule has 0 aliphatic carbocycles. The van der Waals surface area contributed by atoms with E-state index in [2.05, 4.69) is 18.8 Å². The fraction of sp³-hybridized carbons (Fsp3) is 0.600. The number of likely N-dealkylation sites (tertiary alicyclic amines) is 1. The lowest BCUT2D eigenvalue weighted by Gasteiger charge is -2.22. The van der Waals surface area contributed by atoms with Crippen LogP contribution in [0.5, 0.6) is 0 Å². The molecule has 2 rings (SSSR count). The molecule has 0 spiro atoms. The Labute approximate surface area is 127 Å². The van der Waals surface area contributed by atoms with E-state index < -0.39 is 0 Å². The van der Waals surface area contributed by atoms with Gasteiger partial charge >= 0.3 is 0 Å². The molecule has 20 heavy (non-hydrogen) atoms. The number of halogens is 1. The Morgan fingerprint density at radius 2 is 2.15 bits per heavy atom. The molecular formula is C15H24ClN3O. The van der Waals surface area contributed by atoms with E-state index in [1.165, 1.54) is 6.42 Å². The summed E-state index contributed by atoms with van der Waals surface area (Å²) in [6, 6.07) is 1.68. The SMILES string of the molecule is CC(C)C1CCCN(C(=O)c2cnccc2N)CC1.Cl. The van der Waals surface area contributed by atoms with E-state index in [4.69, 9.17) is 5.73 Å². The van der Waals surface area contributed by atoms with Crippen molar-refractivity contribution in [3.63, 3.8) is 0 Å². The molecule has 1 aromatic heterocycles. The van der Waals surface area contributed by atoms with Gasteiger partial charge in [0.1, 0.15) is 0 Å². The first kappa shape index (κ1) is 16.8. The van der Waals surface area contributed by atoms with Crippen molar-refractivity contribution in [1.29, 1.82) is 0 Å². The minimum absolute atomic E-state index is 0. The van der Waals surface area contributed by atoms with Crippen LogP contribution in [0.4, 0.5) is 5.69 Å². The lowest BCUT2D eigenvalue weighted by atomic mass is 9.89. The zero-order chi connectivity index (χ0) is 13.8. The Kier molecular flexibility index (Phi) is 6.27. The predicted molar refractivity (Wildman–Crippen MR) is 84.0 cm³/mol. The lowest BCUT2D eigenvalue weighted by Crippen LogP contribution is -2.32. The minimum Gasteiger partial charge on any atom is -0.398 e. The molecule has 4 nitrogen and oxygen atoms in total. The molecule has 1 saturated heterocycles. The summed E-state index contributed by atoms with van der Waals surface area (Å²) in [4.78, 5) is 18.4. The maximum Gasteiger partial charge on any atom is 0.257 e. The van der Waals surface area contributed by atoms with Crippen LogP contribution in [0.25, 0.3) is 0 Å². The molecule has 2 N–H and O–H groups in total. The van der Waals surface area contributed by atoms with E-state index in [9.17, 15) is 4.79 Å². The van der Waals surface area contributed by atoms with Crippen LogP contribution < -0.4 is 5.73 Å². The maximum absolute atomic E-state index is 12.5. The number of nitrogen functional groups attached to an aromatic ring is 1. The highest BCUT2D eigenvalue weighted by Crippen LogP contribution is 2.25. The van der Waals surface area contributed by atoms with Gasteiger partial charge < -0.3 is 10.6 Å². The lowest BCUT2D eigenvalue weighted by molar-refractivity contribution is 0.0759. The van der Waals surface area contributed by atoms with E-state index in [1.54, 1.807) is 18.5 Å². The third-order valence-corrected chi connectivity index (χ3v) is 4.09.